The van der Waals surface area contributed by atoms with Crippen LogP contribution in [0.15, 0.2) is 29.6 Å². The lowest BCUT2D eigenvalue weighted by Gasteiger charge is -2.41. The monoisotopic (exact) mass is 342 g/mol. The summed E-state index contributed by atoms with van der Waals surface area (Å²) in [4.78, 5) is 10.8. The molecule has 1 N–H and O–H groups in total. The Hall–Kier alpha value is -2.16. The SMILES string of the molecule is Fc1cc2nccnc2cc1N1N=C2CCCC2(N2CCOCC2)N1. The molecule has 5 rings (SSSR count). The maximum Gasteiger partial charge on any atom is 0.152 e. The molecule has 1 atom stereocenters. The van der Waals surface area contributed by atoms with Gasteiger partial charge in [-0.2, -0.15) is 15.6 Å². The number of nitrogens with zero attached hydrogens (tertiary/aromatic N) is 5. The van der Waals surface area contributed by atoms with Crippen molar-refractivity contribution in [3.63, 3.8) is 0 Å². The van der Waals surface area contributed by atoms with Gasteiger partial charge < -0.3 is 4.74 Å². The second-order valence-electron chi connectivity index (χ2n) is 6.63. The molecule has 130 valence electrons. The lowest BCUT2D eigenvalue weighted by atomic mass is 10.1. The van der Waals surface area contributed by atoms with Gasteiger partial charge in [-0.25, -0.2) is 4.39 Å². The molecule has 1 aromatic carbocycles. The van der Waals surface area contributed by atoms with E-state index in [1.807, 2.05) is 0 Å². The van der Waals surface area contributed by atoms with Crippen LogP contribution in [0, 0.1) is 5.82 Å². The summed E-state index contributed by atoms with van der Waals surface area (Å²) >= 11 is 0. The van der Waals surface area contributed by atoms with Gasteiger partial charge in [0.2, 0.25) is 0 Å². The molecule has 0 bridgehead atoms. The summed E-state index contributed by atoms with van der Waals surface area (Å²) in [7, 11) is 0. The van der Waals surface area contributed by atoms with E-state index in [9.17, 15) is 4.39 Å². The molecule has 3 aliphatic rings. The topological polar surface area (TPSA) is 65.9 Å². The average Bonchev–Trinajstić information content (AvgIpc) is 3.20. The predicted octanol–water partition coefficient (Wildman–Crippen LogP) is 1.66. The number of hydrogen-bond acceptors (Lipinski definition) is 7. The van der Waals surface area contributed by atoms with E-state index < -0.39 is 0 Å². The van der Waals surface area contributed by atoms with Gasteiger partial charge in [-0.05, 0) is 25.3 Å². The van der Waals surface area contributed by atoms with Gasteiger partial charge in [0, 0.05) is 31.5 Å². The Morgan fingerprint density at radius 2 is 1.88 bits per heavy atom. The summed E-state index contributed by atoms with van der Waals surface area (Å²) in [5, 5.41) is 6.28. The van der Waals surface area contributed by atoms with Crippen molar-refractivity contribution in [2.45, 2.75) is 24.9 Å². The Kier molecular flexibility index (Phi) is 3.44. The Bertz CT molecular complexity index is 852. The second kappa shape index (κ2) is 5.69. The Morgan fingerprint density at radius 1 is 1.12 bits per heavy atom. The highest BCUT2D eigenvalue weighted by molar-refractivity contribution is 5.98. The predicted molar refractivity (Wildman–Crippen MR) is 91.5 cm³/mol. The molecular weight excluding hydrogens is 323 g/mol. The van der Waals surface area contributed by atoms with Gasteiger partial charge in [-0.15, -0.1) is 0 Å². The van der Waals surface area contributed by atoms with Crippen molar-refractivity contribution in [3.05, 3.63) is 30.3 Å². The van der Waals surface area contributed by atoms with Crippen LogP contribution in [0.3, 0.4) is 0 Å². The molecule has 1 saturated carbocycles. The first-order valence-corrected chi connectivity index (χ1v) is 8.65. The van der Waals surface area contributed by atoms with Crippen LogP contribution in [-0.4, -0.2) is 52.5 Å². The molecule has 1 unspecified atom stereocenters. The fourth-order valence-corrected chi connectivity index (χ4v) is 4.04. The number of nitrogens with one attached hydrogen (secondary N) is 1. The molecule has 1 aliphatic carbocycles. The number of hydrazone groups is 1. The normalized spacial score (nSPS) is 26.9. The van der Waals surface area contributed by atoms with Crippen LogP contribution in [0.25, 0.3) is 11.0 Å². The number of benzene rings is 1. The van der Waals surface area contributed by atoms with Crippen LogP contribution in [0.2, 0.25) is 0 Å². The van der Waals surface area contributed by atoms with Gasteiger partial charge in [0.05, 0.1) is 30.0 Å². The van der Waals surface area contributed by atoms with Gasteiger partial charge in [0.25, 0.3) is 0 Å². The van der Waals surface area contributed by atoms with Crippen molar-refractivity contribution >= 4 is 22.4 Å². The maximum absolute atomic E-state index is 14.7. The van der Waals surface area contributed by atoms with Crippen LogP contribution in [-0.2, 0) is 4.74 Å². The first kappa shape index (κ1) is 15.1. The van der Waals surface area contributed by atoms with E-state index in [1.165, 1.54) is 6.07 Å². The number of anilines is 1. The van der Waals surface area contributed by atoms with Crippen LogP contribution >= 0.6 is 0 Å². The van der Waals surface area contributed by atoms with Crippen molar-refractivity contribution in [1.29, 1.82) is 0 Å². The first-order valence-electron chi connectivity index (χ1n) is 8.65. The van der Waals surface area contributed by atoms with Crippen LogP contribution in [0.4, 0.5) is 10.1 Å². The van der Waals surface area contributed by atoms with E-state index in [0.29, 0.717) is 16.7 Å². The number of aromatic nitrogens is 2. The molecule has 8 heteroatoms. The van der Waals surface area contributed by atoms with Crippen molar-refractivity contribution < 1.29 is 9.13 Å². The Labute approximate surface area is 144 Å². The molecule has 1 aromatic heterocycles. The minimum absolute atomic E-state index is 0.312. The summed E-state index contributed by atoms with van der Waals surface area (Å²) in [5.74, 6) is -0.359. The Morgan fingerprint density at radius 3 is 2.68 bits per heavy atom. The molecule has 2 fully saturated rings. The largest absolute Gasteiger partial charge is 0.379 e. The van der Waals surface area contributed by atoms with Gasteiger partial charge in [0.15, 0.2) is 5.82 Å². The fraction of sp³-hybridized carbons (Fsp3) is 0.471. The molecular formula is C17H19FN6O. The molecule has 3 heterocycles. The van der Waals surface area contributed by atoms with E-state index in [0.717, 1.165) is 51.3 Å². The number of hydrogen-bond donors (Lipinski definition) is 1. The lowest BCUT2D eigenvalue weighted by Crippen LogP contribution is -2.63. The standard InChI is InChI=1S/C17H19FN6O/c18-12-10-13-14(20-5-4-19-13)11-15(12)24-21-16-2-1-3-17(16,22-24)23-6-8-25-9-7-23/h4-5,10-11,22H,1-3,6-9H2. The minimum Gasteiger partial charge on any atom is -0.379 e. The number of halogens is 1. The number of rotatable bonds is 2. The quantitative estimate of drug-likeness (QED) is 0.895. The van der Waals surface area contributed by atoms with Crippen LogP contribution in [0.1, 0.15) is 19.3 Å². The van der Waals surface area contributed by atoms with Crippen molar-refractivity contribution in [2.24, 2.45) is 5.10 Å². The maximum atomic E-state index is 14.7. The first-order chi connectivity index (χ1) is 12.3. The Balaban J connectivity index is 1.52. The third-order valence-corrected chi connectivity index (χ3v) is 5.26. The van der Waals surface area contributed by atoms with Gasteiger partial charge in [0.1, 0.15) is 11.4 Å². The molecule has 1 saturated heterocycles. The summed E-state index contributed by atoms with van der Waals surface area (Å²) in [6, 6.07) is 3.11. The van der Waals surface area contributed by atoms with E-state index >= 15 is 0 Å². The van der Waals surface area contributed by atoms with Crippen LogP contribution < -0.4 is 10.5 Å². The van der Waals surface area contributed by atoms with Crippen LogP contribution in [0.5, 0.6) is 0 Å². The molecule has 0 radical (unpaired) electrons. The number of morpholine rings is 1. The summed E-state index contributed by atoms with van der Waals surface area (Å²) < 4.78 is 20.1. The average molecular weight is 342 g/mol. The molecule has 2 aromatic rings. The zero-order valence-corrected chi connectivity index (χ0v) is 13.8. The smallest absolute Gasteiger partial charge is 0.152 e. The summed E-state index contributed by atoms with van der Waals surface area (Å²) in [5.41, 5.74) is 5.80. The molecule has 2 aliphatic heterocycles. The number of hydrazine groups is 1. The zero-order valence-electron chi connectivity index (χ0n) is 13.8. The minimum atomic E-state index is -0.359. The van der Waals surface area contributed by atoms with Gasteiger partial charge in [-0.3, -0.25) is 14.9 Å². The summed E-state index contributed by atoms with van der Waals surface area (Å²) in [6.45, 7) is 3.14. The van der Waals surface area contributed by atoms with Gasteiger partial charge >= 0.3 is 0 Å². The van der Waals surface area contributed by atoms with Crippen molar-refractivity contribution in [2.75, 3.05) is 31.4 Å². The van der Waals surface area contributed by atoms with E-state index in [1.54, 1.807) is 23.6 Å². The van der Waals surface area contributed by atoms with E-state index in [2.05, 4.69) is 20.3 Å². The number of ether oxygens (including phenoxy) is 1. The zero-order chi connectivity index (χ0) is 16.9. The highest BCUT2D eigenvalue weighted by atomic mass is 19.1. The molecule has 0 spiro atoms. The highest BCUT2D eigenvalue weighted by Crippen LogP contribution is 2.38. The summed E-state index contributed by atoms with van der Waals surface area (Å²) in [6.07, 6.45) is 6.15. The van der Waals surface area contributed by atoms with E-state index in [-0.39, 0.29) is 11.5 Å². The lowest BCUT2D eigenvalue weighted by molar-refractivity contribution is -0.00770. The third-order valence-electron chi connectivity index (χ3n) is 5.26. The molecule has 25 heavy (non-hydrogen) atoms. The van der Waals surface area contributed by atoms with Crippen molar-refractivity contribution in [3.8, 4) is 0 Å². The van der Waals surface area contributed by atoms with E-state index in [4.69, 9.17) is 9.84 Å². The second-order valence-corrected chi connectivity index (χ2v) is 6.63. The van der Waals surface area contributed by atoms with Crippen molar-refractivity contribution in [1.82, 2.24) is 20.3 Å². The third kappa shape index (κ3) is 2.32. The number of fused-ring (bicyclic) bond motifs is 2. The highest BCUT2D eigenvalue weighted by Gasteiger charge is 2.50. The van der Waals surface area contributed by atoms with Gasteiger partial charge in [-0.1, -0.05) is 0 Å². The fourth-order valence-electron chi connectivity index (χ4n) is 4.04. The molecule has 7 nitrogen and oxygen atoms in total. The molecule has 0 amide bonds.